The van der Waals surface area contributed by atoms with Gasteiger partial charge < -0.3 is 15.1 Å². The lowest BCUT2D eigenvalue weighted by atomic mass is 9.98. The first-order chi connectivity index (χ1) is 14.2. The summed E-state index contributed by atoms with van der Waals surface area (Å²) in [4.78, 5) is 33.5. The minimum absolute atomic E-state index is 0.0431. The van der Waals surface area contributed by atoms with E-state index in [1.165, 1.54) is 10.7 Å². The number of aromatic carboxylic acids is 1. The van der Waals surface area contributed by atoms with E-state index in [1.54, 1.807) is 36.1 Å². The lowest BCUT2D eigenvalue weighted by molar-refractivity contribution is -0.131. The summed E-state index contributed by atoms with van der Waals surface area (Å²) < 4.78 is 26.8. The van der Waals surface area contributed by atoms with Crippen LogP contribution in [0.2, 0.25) is 0 Å². The van der Waals surface area contributed by atoms with Crippen molar-refractivity contribution in [3.63, 3.8) is 0 Å². The van der Waals surface area contributed by atoms with Gasteiger partial charge in [-0.25, -0.2) is 13.6 Å². The molecule has 2 heterocycles. The van der Waals surface area contributed by atoms with Crippen molar-refractivity contribution in [2.45, 2.75) is 32.7 Å². The molecule has 30 heavy (non-hydrogen) atoms. The van der Waals surface area contributed by atoms with Crippen molar-refractivity contribution in [1.82, 2.24) is 14.7 Å². The number of carbonyl (C=O) groups is 3. The maximum Gasteiger partial charge on any atom is 0.335 e. The van der Waals surface area contributed by atoms with Gasteiger partial charge >= 0.3 is 5.97 Å². The van der Waals surface area contributed by atoms with Crippen molar-refractivity contribution >= 4 is 18.3 Å². The van der Waals surface area contributed by atoms with Crippen molar-refractivity contribution in [3.8, 4) is 0 Å². The second kappa shape index (κ2) is 10.5. The van der Waals surface area contributed by atoms with Crippen LogP contribution in [-0.4, -0.2) is 56.3 Å². The standard InChI is InChI=1S/C19H21F2N3O3.CH2O2/c1-12-8-16(18(20)21)22-24(12)11-17(25)23-7-6-14(10-23)9-13-2-4-15(5-3-13)19(26)27;2-1-3/h2-5,8,14,18H,6-7,9-11H2,1H3,(H,26,27);1H,(H,2,3). The van der Waals surface area contributed by atoms with Crippen LogP contribution in [0.5, 0.6) is 0 Å². The molecule has 1 aromatic carbocycles. The Hall–Kier alpha value is -3.30. The van der Waals surface area contributed by atoms with E-state index in [4.69, 9.17) is 15.0 Å². The molecule has 2 aromatic rings. The van der Waals surface area contributed by atoms with Crippen LogP contribution in [0, 0.1) is 12.8 Å². The number of carbonyl (C=O) groups excluding carboxylic acids is 1. The number of carboxylic acid groups (broad SMARTS) is 2. The highest BCUT2D eigenvalue weighted by atomic mass is 19.3. The molecule has 10 heteroatoms. The lowest BCUT2D eigenvalue weighted by Crippen LogP contribution is -2.32. The topological polar surface area (TPSA) is 113 Å². The van der Waals surface area contributed by atoms with Gasteiger partial charge in [-0.3, -0.25) is 14.3 Å². The molecule has 1 aromatic heterocycles. The molecule has 1 aliphatic heterocycles. The van der Waals surface area contributed by atoms with Gasteiger partial charge in [0.2, 0.25) is 5.91 Å². The number of likely N-dealkylation sites (tertiary alicyclic amines) is 1. The largest absolute Gasteiger partial charge is 0.483 e. The molecule has 0 spiro atoms. The predicted octanol–water partition coefficient (Wildman–Crippen LogP) is 2.62. The van der Waals surface area contributed by atoms with Crippen LogP contribution in [0.15, 0.2) is 30.3 Å². The third kappa shape index (κ3) is 6.10. The Bertz CT molecular complexity index is 883. The summed E-state index contributed by atoms with van der Waals surface area (Å²) in [6.45, 7) is 2.58. The van der Waals surface area contributed by atoms with Gasteiger partial charge in [-0.2, -0.15) is 5.10 Å². The van der Waals surface area contributed by atoms with Gasteiger partial charge in [-0.15, -0.1) is 0 Å². The molecule has 1 aliphatic rings. The molecule has 0 bridgehead atoms. The summed E-state index contributed by atoms with van der Waals surface area (Å²) in [5.74, 6) is -0.797. The van der Waals surface area contributed by atoms with Gasteiger partial charge in [0.05, 0.1) is 5.56 Å². The summed E-state index contributed by atoms with van der Waals surface area (Å²) in [5.41, 5.74) is 1.50. The second-order valence-corrected chi connectivity index (χ2v) is 6.97. The van der Waals surface area contributed by atoms with Crippen LogP contribution in [0.4, 0.5) is 8.78 Å². The minimum atomic E-state index is -2.65. The number of benzene rings is 1. The number of halogens is 2. The lowest BCUT2D eigenvalue weighted by Gasteiger charge is -2.17. The Morgan fingerprint density at radius 1 is 1.30 bits per heavy atom. The number of amides is 1. The van der Waals surface area contributed by atoms with Crippen molar-refractivity contribution in [2.24, 2.45) is 5.92 Å². The third-order valence-corrected chi connectivity index (χ3v) is 4.87. The number of aryl methyl sites for hydroxylation is 1. The maximum absolute atomic E-state index is 12.7. The second-order valence-electron chi connectivity index (χ2n) is 6.97. The molecule has 2 N–H and O–H groups in total. The summed E-state index contributed by atoms with van der Waals surface area (Å²) in [6.07, 6.45) is -1.03. The van der Waals surface area contributed by atoms with Crippen LogP contribution in [0.1, 0.15) is 40.2 Å². The van der Waals surface area contributed by atoms with Crippen molar-refractivity contribution in [1.29, 1.82) is 0 Å². The van der Waals surface area contributed by atoms with Gasteiger partial charge in [0, 0.05) is 18.8 Å². The van der Waals surface area contributed by atoms with Crippen LogP contribution in [-0.2, 0) is 22.6 Å². The molecule has 1 unspecified atom stereocenters. The van der Waals surface area contributed by atoms with Crippen LogP contribution >= 0.6 is 0 Å². The predicted molar refractivity (Wildman–Crippen MR) is 102 cm³/mol. The fourth-order valence-electron chi connectivity index (χ4n) is 3.37. The Kier molecular flexibility index (Phi) is 8.02. The normalized spacial score (nSPS) is 15.6. The van der Waals surface area contributed by atoms with Gasteiger partial charge in [0.1, 0.15) is 12.2 Å². The van der Waals surface area contributed by atoms with Gasteiger partial charge in [0.25, 0.3) is 12.9 Å². The molecular formula is C20H23F2N3O5. The van der Waals surface area contributed by atoms with E-state index < -0.39 is 12.4 Å². The summed E-state index contributed by atoms with van der Waals surface area (Å²) >= 11 is 0. The maximum atomic E-state index is 12.7. The van der Waals surface area contributed by atoms with Crippen LogP contribution < -0.4 is 0 Å². The zero-order chi connectivity index (χ0) is 22.3. The van der Waals surface area contributed by atoms with E-state index in [1.807, 2.05) is 0 Å². The van der Waals surface area contributed by atoms with Gasteiger partial charge in [-0.05, 0) is 49.4 Å². The number of nitrogens with zero attached hydrogens (tertiary/aromatic N) is 3. The highest BCUT2D eigenvalue weighted by Crippen LogP contribution is 2.22. The van der Waals surface area contributed by atoms with E-state index in [9.17, 15) is 18.4 Å². The van der Waals surface area contributed by atoms with Crippen molar-refractivity contribution in [2.75, 3.05) is 13.1 Å². The summed E-state index contributed by atoms with van der Waals surface area (Å²) in [5, 5.41) is 19.6. The number of hydrogen-bond donors (Lipinski definition) is 2. The average molecular weight is 423 g/mol. The molecule has 0 saturated carbocycles. The number of rotatable bonds is 6. The first-order valence-corrected chi connectivity index (χ1v) is 9.25. The van der Waals surface area contributed by atoms with E-state index in [0.717, 1.165) is 18.4 Å². The Balaban J connectivity index is 0.00000101. The highest BCUT2D eigenvalue weighted by molar-refractivity contribution is 5.87. The number of alkyl halides is 2. The van der Waals surface area contributed by atoms with E-state index in [2.05, 4.69) is 5.10 Å². The van der Waals surface area contributed by atoms with Crippen LogP contribution in [0.3, 0.4) is 0 Å². The quantitative estimate of drug-likeness (QED) is 0.691. The molecule has 1 amide bonds. The number of hydrogen-bond acceptors (Lipinski definition) is 4. The molecule has 1 atom stereocenters. The van der Waals surface area contributed by atoms with Crippen molar-refractivity contribution in [3.05, 3.63) is 52.8 Å². The molecular weight excluding hydrogens is 400 g/mol. The molecule has 162 valence electrons. The SMILES string of the molecule is Cc1cc(C(F)F)nn1CC(=O)N1CCC(Cc2ccc(C(=O)O)cc2)C1.O=CO. The Morgan fingerprint density at radius 2 is 1.93 bits per heavy atom. The monoisotopic (exact) mass is 423 g/mol. The molecule has 8 nitrogen and oxygen atoms in total. The van der Waals surface area contributed by atoms with Gasteiger partial charge in [0.15, 0.2) is 0 Å². The Labute approximate surface area is 171 Å². The number of carboxylic acids is 1. The third-order valence-electron chi connectivity index (χ3n) is 4.87. The molecule has 0 aliphatic carbocycles. The molecule has 1 fully saturated rings. The van der Waals surface area contributed by atoms with Crippen LogP contribution in [0.25, 0.3) is 0 Å². The van der Waals surface area contributed by atoms with Crippen molar-refractivity contribution < 1.29 is 33.4 Å². The first-order valence-electron chi connectivity index (χ1n) is 9.25. The molecule has 3 rings (SSSR count). The molecule has 0 radical (unpaired) electrons. The summed E-state index contributed by atoms with van der Waals surface area (Å²) in [6, 6.07) is 8.05. The number of aromatic nitrogens is 2. The van der Waals surface area contributed by atoms with E-state index in [0.29, 0.717) is 24.7 Å². The Morgan fingerprint density at radius 3 is 2.47 bits per heavy atom. The zero-order valence-electron chi connectivity index (χ0n) is 16.4. The van der Waals surface area contributed by atoms with Gasteiger partial charge in [-0.1, -0.05) is 12.1 Å². The van der Waals surface area contributed by atoms with E-state index >= 15 is 0 Å². The fraction of sp³-hybridized carbons (Fsp3) is 0.400. The average Bonchev–Trinajstić information content (AvgIpc) is 3.30. The highest BCUT2D eigenvalue weighted by Gasteiger charge is 2.27. The summed E-state index contributed by atoms with van der Waals surface area (Å²) in [7, 11) is 0. The molecule has 1 saturated heterocycles. The smallest absolute Gasteiger partial charge is 0.335 e. The minimum Gasteiger partial charge on any atom is -0.483 e. The first kappa shape index (κ1) is 23.0. The van der Waals surface area contributed by atoms with E-state index in [-0.39, 0.29) is 30.2 Å². The zero-order valence-corrected chi connectivity index (χ0v) is 16.4. The fourth-order valence-corrected chi connectivity index (χ4v) is 3.37.